The number of aliphatic hydroxyl groups is 1. The van der Waals surface area contributed by atoms with E-state index in [9.17, 15) is 24.3 Å². The molecule has 270 valence electrons. The van der Waals surface area contributed by atoms with Crippen LogP contribution in [0.25, 0.3) is 21.8 Å². The Morgan fingerprint density at radius 2 is 1.71 bits per heavy atom. The lowest BCUT2D eigenvalue weighted by atomic mass is 9.89. The lowest BCUT2D eigenvalue weighted by molar-refractivity contribution is -0.141. The minimum absolute atomic E-state index is 0.0751. The SMILES string of the molecule is CN(C)CCC(=O)Nc1ccc2c(=O)n(CC3(O)CCN(C(=O)C4CCN(CCNC(=O)c5ccc6c(Cl)ccnc6c5)CC4)CC3)cnc2c1. The maximum Gasteiger partial charge on any atom is 0.261 e. The number of nitrogens with zero attached hydrogens (tertiary/aromatic N) is 6. The molecule has 2 fully saturated rings. The first-order chi connectivity index (χ1) is 24.5. The van der Waals surface area contributed by atoms with E-state index in [1.54, 1.807) is 42.6 Å². The smallest absolute Gasteiger partial charge is 0.261 e. The van der Waals surface area contributed by atoms with Gasteiger partial charge >= 0.3 is 0 Å². The zero-order valence-electron chi connectivity index (χ0n) is 29.1. The second-order valence-electron chi connectivity index (χ2n) is 14.0. The van der Waals surface area contributed by atoms with Gasteiger partial charge in [-0.15, -0.1) is 0 Å². The van der Waals surface area contributed by atoms with E-state index >= 15 is 0 Å². The van der Waals surface area contributed by atoms with E-state index in [0.29, 0.717) is 84.7 Å². The lowest BCUT2D eigenvalue weighted by Gasteiger charge is -2.40. The normalized spacial score (nSPS) is 16.8. The van der Waals surface area contributed by atoms with Gasteiger partial charge in [-0.3, -0.25) is 28.7 Å². The number of nitrogens with one attached hydrogen (secondary N) is 2. The Labute approximate surface area is 301 Å². The van der Waals surface area contributed by atoms with Crippen molar-refractivity contribution in [1.29, 1.82) is 0 Å². The van der Waals surface area contributed by atoms with Crippen molar-refractivity contribution in [3.63, 3.8) is 0 Å². The van der Waals surface area contributed by atoms with E-state index in [1.165, 1.54) is 10.9 Å². The average Bonchev–Trinajstić information content (AvgIpc) is 3.12. The first-order valence-corrected chi connectivity index (χ1v) is 17.9. The molecule has 0 spiro atoms. The molecule has 2 aliphatic rings. The zero-order valence-corrected chi connectivity index (χ0v) is 29.9. The highest BCUT2D eigenvalue weighted by atomic mass is 35.5. The number of benzene rings is 2. The highest BCUT2D eigenvalue weighted by molar-refractivity contribution is 6.35. The number of piperidine rings is 2. The summed E-state index contributed by atoms with van der Waals surface area (Å²) in [4.78, 5) is 66.5. The zero-order chi connectivity index (χ0) is 36.1. The third kappa shape index (κ3) is 8.90. The van der Waals surface area contributed by atoms with Crippen LogP contribution in [0.15, 0.2) is 59.8 Å². The second kappa shape index (κ2) is 15.9. The Balaban J connectivity index is 0.938. The van der Waals surface area contributed by atoms with Crippen molar-refractivity contribution >= 4 is 56.8 Å². The van der Waals surface area contributed by atoms with Gasteiger partial charge in [0.2, 0.25) is 11.8 Å². The fourth-order valence-corrected chi connectivity index (χ4v) is 7.08. The summed E-state index contributed by atoms with van der Waals surface area (Å²) in [5, 5.41) is 19.1. The third-order valence-corrected chi connectivity index (χ3v) is 10.3. The molecule has 3 N–H and O–H groups in total. The molecule has 0 unspecified atom stereocenters. The maximum absolute atomic E-state index is 13.4. The maximum atomic E-state index is 13.4. The van der Waals surface area contributed by atoms with Gasteiger partial charge in [0.05, 0.1) is 39.9 Å². The van der Waals surface area contributed by atoms with Crippen LogP contribution < -0.4 is 16.2 Å². The number of anilines is 1. The van der Waals surface area contributed by atoms with E-state index in [4.69, 9.17) is 11.6 Å². The number of likely N-dealkylation sites (tertiary alicyclic amines) is 2. The van der Waals surface area contributed by atoms with Crippen molar-refractivity contribution in [2.75, 3.05) is 65.2 Å². The number of halogens is 1. The summed E-state index contributed by atoms with van der Waals surface area (Å²) in [6, 6.07) is 12.0. The van der Waals surface area contributed by atoms with Gasteiger partial charge in [-0.2, -0.15) is 0 Å². The number of hydrogen-bond acceptors (Lipinski definition) is 9. The Morgan fingerprint density at radius 3 is 2.45 bits per heavy atom. The molecule has 2 aliphatic heterocycles. The van der Waals surface area contributed by atoms with Crippen molar-refractivity contribution in [2.45, 2.75) is 44.2 Å². The number of carbonyl (C=O) groups excluding carboxylic acids is 3. The monoisotopic (exact) mass is 716 g/mol. The van der Waals surface area contributed by atoms with Crippen LogP contribution in [0.4, 0.5) is 5.69 Å². The summed E-state index contributed by atoms with van der Waals surface area (Å²) in [5.41, 5.74) is 0.843. The number of hydrogen-bond donors (Lipinski definition) is 3. The van der Waals surface area contributed by atoms with E-state index in [1.807, 2.05) is 30.0 Å². The Morgan fingerprint density at radius 1 is 0.980 bits per heavy atom. The van der Waals surface area contributed by atoms with E-state index < -0.39 is 5.60 Å². The van der Waals surface area contributed by atoms with Gasteiger partial charge in [0.25, 0.3) is 11.5 Å². The molecule has 3 amide bonds. The fraction of sp³-hybridized carbons (Fsp3) is 0.459. The van der Waals surface area contributed by atoms with Crippen LogP contribution in [0.2, 0.25) is 5.02 Å². The molecule has 4 heterocycles. The van der Waals surface area contributed by atoms with Crippen LogP contribution in [0, 0.1) is 5.92 Å². The predicted molar refractivity (Wildman–Crippen MR) is 197 cm³/mol. The fourth-order valence-electron chi connectivity index (χ4n) is 6.86. The molecule has 0 aliphatic carbocycles. The first-order valence-electron chi connectivity index (χ1n) is 17.5. The molecule has 14 heteroatoms. The average molecular weight is 717 g/mol. The molecule has 0 saturated carbocycles. The van der Waals surface area contributed by atoms with Crippen molar-refractivity contribution in [3.05, 3.63) is 75.9 Å². The standard InChI is InChI=1S/C37H45ClN8O5/c1-43(2)15-10-33(47)42-27-4-6-29-32(22-27)41-24-46(36(29)50)23-37(51)11-18-45(19-12-37)35(49)25-8-16-44(17-9-25)20-14-40-34(48)26-3-5-28-30(38)7-13-39-31(28)21-26/h3-7,13,21-22,24-25,51H,8-12,14-20,23H2,1-2H3,(H,40,48)(H,42,47). The summed E-state index contributed by atoms with van der Waals surface area (Å²) >= 11 is 6.21. The molecule has 2 aromatic heterocycles. The Hall–Kier alpha value is -4.43. The molecule has 4 aromatic rings. The molecule has 51 heavy (non-hydrogen) atoms. The highest BCUT2D eigenvalue weighted by Gasteiger charge is 2.37. The molecule has 2 aromatic carbocycles. The van der Waals surface area contributed by atoms with Gasteiger partial charge in [0.1, 0.15) is 0 Å². The molecular weight excluding hydrogens is 672 g/mol. The van der Waals surface area contributed by atoms with Crippen molar-refractivity contribution in [2.24, 2.45) is 5.92 Å². The molecule has 0 atom stereocenters. The van der Waals surface area contributed by atoms with Crippen LogP contribution in [0.3, 0.4) is 0 Å². The van der Waals surface area contributed by atoms with Gasteiger partial charge in [-0.25, -0.2) is 4.98 Å². The van der Waals surface area contributed by atoms with E-state index in [-0.39, 0.29) is 35.7 Å². The van der Waals surface area contributed by atoms with E-state index in [0.717, 1.165) is 31.3 Å². The molecule has 0 bridgehead atoms. The minimum atomic E-state index is -1.14. The van der Waals surface area contributed by atoms with Crippen molar-refractivity contribution < 1.29 is 19.5 Å². The number of aromatic nitrogens is 3. The number of carbonyl (C=O) groups is 3. The quantitative estimate of drug-likeness (QED) is 0.213. The molecule has 0 radical (unpaired) electrons. The minimum Gasteiger partial charge on any atom is -0.388 e. The number of rotatable bonds is 11. The first kappa shape index (κ1) is 36.4. The van der Waals surface area contributed by atoms with Crippen LogP contribution in [0.1, 0.15) is 42.5 Å². The topological polar surface area (TPSA) is 153 Å². The van der Waals surface area contributed by atoms with Gasteiger partial charge in [0, 0.05) is 67.9 Å². The summed E-state index contributed by atoms with van der Waals surface area (Å²) in [6.07, 6.45) is 5.62. The second-order valence-corrected chi connectivity index (χ2v) is 14.4. The Kier molecular flexibility index (Phi) is 11.3. The number of fused-ring (bicyclic) bond motifs is 2. The lowest BCUT2D eigenvalue weighted by Crippen LogP contribution is -2.52. The van der Waals surface area contributed by atoms with Gasteiger partial charge in [-0.05, 0) is 89.3 Å². The summed E-state index contributed by atoms with van der Waals surface area (Å²) < 4.78 is 1.43. The molecule has 13 nitrogen and oxygen atoms in total. The Bertz CT molecular complexity index is 1970. The number of amides is 3. The van der Waals surface area contributed by atoms with Gasteiger partial charge in [0.15, 0.2) is 0 Å². The summed E-state index contributed by atoms with van der Waals surface area (Å²) in [7, 11) is 3.81. The summed E-state index contributed by atoms with van der Waals surface area (Å²) in [6.45, 7) is 4.28. The number of pyridine rings is 1. The molecule has 2 saturated heterocycles. The van der Waals surface area contributed by atoms with Gasteiger partial charge < -0.3 is 30.4 Å². The van der Waals surface area contributed by atoms with E-state index in [2.05, 4.69) is 25.5 Å². The highest BCUT2D eigenvalue weighted by Crippen LogP contribution is 2.28. The van der Waals surface area contributed by atoms with Gasteiger partial charge in [-0.1, -0.05) is 17.7 Å². The van der Waals surface area contributed by atoms with Crippen molar-refractivity contribution in [1.82, 2.24) is 34.6 Å². The van der Waals surface area contributed by atoms with Crippen LogP contribution in [-0.2, 0) is 16.1 Å². The summed E-state index contributed by atoms with van der Waals surface area (Å²) in [5.74, 6) is -0.240. The predicted octanol–water partition coefficient (Wildman–Crippen LogP) is 2.98. The third-order valence-electron chi connectivity index (χ3n) is 9.97. The van der Waals surface area contributed by atoms with Crippen molar-refractivity contribution in [3.8, 4) is 0 Å². The molecule has 6 rings (SSSR count). The van der Waals surface area contributed by atoms with Crippen LogP contribution >= 0.6 is 11.6 Å². The molecular formula is C37H45ClN8O5. The van der Waals surface area contributed by atoms with Crippen LogP contribution in [-0.4, -0.2) is 118 Å². The van der Waals surface area contributed by atoms with Crippen LogP contribution in [0.5, 0.6) is 0 Å². The largest absolute Gasteiger partial charge is 0.388 e.